The lowest BCUT2D eigenvalue weighted by Gasteiger charge is -1.96. The van der Waals surface area contributed by atoms with Gasteiger partial charge in [-0.15, -0.1) is 0 Å². The van der Waals surface area contributed by atoms with Gasteiger partial charge in [0.25, 0.3) is 0 Å². The van der Waals surface area contributed by atoms with Crippen LogP contribution in [0.5, 0.6) is 0 Å². The van der Waals surface area contributed by atoms with Gasteiger partial charge in [-0.25, -0.2) is 9.55 Å². The van der Waals surface area contributed by atoms with E-state index in [0.29, 0.717) is 0 Å². The topological polar surface area (TPSA) is 32.6 Å². The van der Waals surface area contributed by atoms with Crippen molar-refractivity contribution in [1.82, 2.24) is 9.97 Å². The summed E-state index contributed by atoms with van der Waals surface area (Å²) in [5.41, 5.74) is 4.07. The fourth-order valence-electron chi connectivity index (χ4n) is 2.34. The molecule has 3 aromatic rings. The highest BCUT2D eigenvalue weighted by molar-refractivity contribution is 6.32. The maximum absolute atomic E-state index is 6.15. The third-order valence-electron chi connectivity index (χ3n) is 3.38. The minimum Gasteiger partial charge on any atom is -1.00 e. The average molecular weight is 414 g/mol. The molecule has 1 N–H and O–H groups in total. The summed E-state index contributed by atoms with van der Waals surface area (Å²) in [4.78, 5) is 8.00. The largest absolute Gasteiger partial charge is 1.00 e. The Kier molecular flexibility index (Phi) is 5.22. The van der Waals surface area contributed by atoms with Gasteiger partial charge in [0.05, 0.1) is 16.6 Å². The van der Waals surface area contributed by atoms with E-state index >= 15 is 0 Å². The molecule has 0 atom stereocenters. The molecule has 0 radical (unpaired) electrons. The van der Waals surface area contributed by atoms with Gasteiger partial charge in [-0.1, -0.05) is 18.5 Å². The number of hydrogen-bond acceptors (Lipinski definition) is 1. The predicted octanol–water partition coefficient (Wildman–Crippen LogP) is 0.893. The quantitative estimate of drug-likeness (QED) is 0.502. The van der Waals surface area contributed by atoms with Crippen LogP contribution < -0.4 is 28.5 Å². The minimum absolute atomic E-state index is 0. The number of imidazole rings is 1. The summed E-state index contributed by atoms with van der Waals surface area (Å²) >= 11 is 6.15. The zero-order valence-corrected chi connectivity index (χ0v) is 14.9. The maximum Gasteiger partial charge on any atom is 0.179 e. The molecule has 0 unspecified atom stereocenters. The second-order valence-corrected chi connectivity index (χ2v) is 5.44. The number of nitrogens with one attached hydrogen (secondary N) is 1. The van der Waals surface area contributed by atoms with Gasteiger partial charge in [0.15, 0.2) is 12.4 Å². The fraction of sp³-hybridized carbons (Fsp3) is 0.250. The number of nitrogens with zero attached hydrogens (tertiary/aromatic N) is 2. The normalized spacial score (nSPS) is 10.6. The molecule has 0 fully saturated rings. The van der Waals surface area contributed by atoms with Gasteiger partial charge in [-0.3, -0.25) is 0 Å². The van der Waals surface area contributed by atoms with E-state index in [4.69, 9.17) is 11.6 Å². The van der Waals surface area contributed by atoms with E-state index in [-0.39, 0.29) is 24.0 Å². The molecule has 1 aromatic carbocycles. The second kappa shape index (κ2) is 6.75. The smallest absolute Gasteiger partial charge is 0.179 e. The number of aromatic nitrogens is 3. The lowest BCUT2D eigenvalue weighted by Crippen LogP contribution is -3.00. The number of aryl methyl sites for hydroxylation is 2. The third kappa shape index (κ3) is 3.37. The standard InChI is InChI=1S/C16H17ClN3.HI/c1-3-6-20-7-4-5-12(10-20)16-18-14-8-11(2)13(17)9-15(14)19-16;/h4-5,7-10H,3,6H2,1-2H3,(H,18,19);1H/q+1;/p-1. The monoisotopic (exact) mass is 413 g/mol. The summed E-state index contributed by atoms with van der Waals surface area (Å²) < 4.78 is 2.18. The van der Waals surface area contributed by atoms with Crippen LogP contribution in [-0.4, -0.2) is 9.97 Å². The lowest BCUT2D eigenvalue weighted by molar-refractivity contribution is -0.696. The number of rotatable bonds is 3. The van der Waals surface area contributed by atoms with Crippen LogP contribution >= 0.6 is 11.6 Å². The van der Waals surface area contributed by atoms with Crippen molar-refractivity contribution < 1.29 is 28.5 Å². The van der Waals surface area contributed by atoms with Gasteiger partial charge >= 0.3 is 0 Å². The molecular formula is C16H17ClIN3. The van der Waals surface area contributed by atoms with Crippen LogP contribution in [0.3, 0.4) is 0 Å². The molecule has 3 nitrogen and oxygen atoms in total. The Labute approximate surface area is 146 Å². The summed E-state index contributed by atoms with van der Waals surface area (Å²) in [6.45, 7) is 5.19. The average Bonchev–Trinajstić information content (AvgIpc) is 2.83. The van der Waals surface area contributed by atoms with Gasteiger partial charge in [0.2, 0.25) is 0 Å². The Balaban J connectivity index is 0.00000161. The van der Waals surface area contributed by atoms with Crippen molar-refractivity contribution in [2.45, 2.75) is 26.8 Å². The molecule has 110 valence electrons. The van der Waals surface area contributed by atoms with E-state index in [9.17, 15) is 0 Å². The van der Waals surface area contributed by atoms with Crippen molar-refractivity contribution in [3.8, 4) is 11.4 Å². The van der Waals surface area contributed by atoms with Gasteiger partial charge < -0.3 is 29.0 Å². The zero-order valence-electron chi connectivity index (χ0n) is 12.0. The van der Waals surface area contributed by atoms with Crippen molar-refractivity contribution >= 4 is 22.6 Å². The van der Waals surface area contributed by atoms with E-state index in [1.807, 2.05) is 19.1 Å². The van der Waals surface area contributed by atoms with Gasteiger partial charge in [-0.2, -0.15) is 0 Å². The van der Waals surface area contributed by atoms with Crippen molar-refractivity contribution in [2.24, 2.45) is 0 Å². The molecule has 2 heterocycles. The number of fused-ring (bicyclic) bond motifs is 1. The van der Waals surface area contributed by atoms with E-state index in [2.05, 4.69) is 46.0 Å². The summed E-state index contributed by atoms with van der Waals surface area (Å²) in [6, 6.07) is 8.07. The van der Waals surface area contributed by atoms with Crippen LogP contribution in [0, 0.1) is 6.92 Å². The highest BCUT2D eigenvalue weighted by Crippen LogP contribution is 2.24. The van der Waals surface area contributed by atoms with Crippen LogP contribution in [0.4, 0.5) is 0 Å². The molecule has 0 spiro atoms. The first-order chi connectivity index (χ1) is 9.67. The minimum atomic E-state index is 0. The summed E-state index contributed by atoms with van der Waals surface area (Å²) in [5, 5.41) is 0.754. The molecule has 3 rings (SSSR count). The van der Waals surface area contributed by atoms with Gasteiger partial charge in [0.1, 0.15) is 12.4 Å². The van der Waals surface area contributed by atoms with E-state index in [0.717, 1.165) is 46.0 Å². The fourth-order valence-corrected chi connectivity index (χ4v) is 2.49. The number of halogens is 2. The molecule has 0 amide bonds. The molecule has 2 aromatic heterocycles. The zero-order chi connectivity index (χ0) is 14.1. The Morgan fingerprint density at radius 3 is 2.90 bits per heavy atom. The summed E-state index contributed by atoms with van der Waals surface area (Å²) in [5.74, 6) is 0.882. The molecule has 0 aliphatic carbocycles. The summed E-state index contributed by atoms with van der Waals surface area (Å²) in [6.07, 6.45) is 5.31. The molecule has 5 heteroatoms. The van der Waals surface area contributed by atoms with Crippen molar-refractivity contribution in [3.63, 3.8) is 0 Å². The van der Waals surface area contributed by atoms with E-state index < -0.39 is 0 Å². The maximum atomic E-state index is 6.15. The Morgan fingerprint density at radius 2 is 2.14 bits per heavy atom. The van der Waals surface area contributed by atoms with Crippen LogP contribution in [0.15, 0.2) is 36.7 Å². The number of hydrogen-bond donors (Lipinski definition) is 1. The Bertz CT molecular complexity index is 728. The molecule has 0 bridgehead atoms. The van der Waals surface area contributed by atoms with Crippen molar-refractivity contribution in [2.75, 3.05) is 0 Å². The van der Waals surface area contributed by atoms with Gasteiger partial charge in [0, 0.05) is 17.5 Å². The van der Waals surface area contributed by atoms with Crippen LogP contribution in [0.2, 0.25) is 5.02 Å². The number of aromatic amines is 1. The number of H-pyrrole nitrogens is 1. The SMILES string of the molecule is CCC[n+]1cccc(-c2nc3cc(Cl)c(C)cc3[nH]2)c1.[I-]. The first-order valence-electron chi connectivity index (χ1n) is 6.82. The molecule has 21 heavy (non-hydrogen) atoms. The van der Waals surface area contributed by atoms with E-state index in [1.165, 1.54) is 0 Å². The third-order valence-corrected chi connectivity index (χ3v) is 3.78. The number of pyridine rings is 1. The Morgan fingerprint density at radius 1 is 1.33 bits per heavy atom. The van der Waals surface area contributed by atoms with Crippen LogP contribution in [0.25, 0.3) is 22.4 Å². The molecule has 0 aliphatic rings. The first-order valence-corrected chi connectivity index (χ1v) is 7.20. The van der Waals surface area contributed by atoms with Crippen molar-refractivity contribution in [3.05, 3.63) is 47.2 Å². The molecular weight excluding hydrogens is 397 g/mol. The van der Waals surface area contributed by atoms with Crippen molar-refractivity contribution in [1.29, 1.82) is 0 Å². The number of benzene rings is 1. The highest BCUT2D eigenvalue weighted by Gasteiger charge is 2.10. The van der Waals surface area contributed by atoms with E-state index in [1.54, 1.807) is 0 Å². The second-order valence-electron chi connectivity index (χ2n) is 5.03. The Hall–Kier alpha value is -1.14. The lowest BCUT2D eigenvalue weighted by atomic mass is 10.2. The van der Waals surface area contributed by atoms with Gasteiger partial charge in [-0.05, 0) is 30.7 Å². The molecule has 0 saturated heterocycles. The molecule has 0 saturated carbocycles. The highest BCUT2D eigenvalue weighted by atomic mass is 127. The molecule has 0 aliphatic heterocycles. The predicted molar refractivity (Wildman–Crippen MR) is 81.8 cm³/mol. The van der Waals surface area contributed by atoms with Crippen LogP contribution in [0.1, 0.15) is 18.9 Å². The first kappa shape index (κ1) is 16.2. The van der Waals surface area contributed by atoms with Crippen LogP contribution in [-0.2, 0) is 6.54 Å². The summed E-state index contributed by atoms with van der Waals surface area (Å²) in [7, 11) is 0.